The molecule has 0 unspecified atom stereocenters. The molecule has 4 rings (SSSR count). The largest absolute Gasteiger partial charge is 0.388 e. The Labute approximate surface area is 155 Å². The fourth-order valence-electron chi connectivity index (χ4n) is 6.98. The zero-order valence-electron chi connectivity index (χ0n) is 15.6. The van der Waals surface area contributed by atoms with E-state index >= 15 is 0 Å². The maximum atomic E-state index is 13.3. The molecule has 0 spiro atoms. The van der Waals surface area contributed by atoms with E-state index in [1.54, 1.807) is 6.08 Å². The molecule has 0 aromatic heterocycles. The highest BCUT2D eigenvalue weighted by Crippen LogP contribution is 2.66. The van der Waals surface area contributed by atoms with Gasteiger partial charge >= 0.3 is 0 Å². The third-order valence-corrected chi connectivity index (χ3v) is 8.41. The van der Waals surface area contributed by atoms with E-state index in [1.165, 1.54) is 0 Å². The van der Waals surface area contributed by atoms with Gasteiger partial charge in [0.1, 0.15) is 18.0 Å². The number of rotatable bonds is 2. The summed E-state index contributed by atoms with van der Waals surface area (Å²) in [5.41, 5.74) is -1.55. The van der Waals surface area contributed by atoms with Crippen molar-refractivity contribution in [2.24, 2.45) is 28.6 Å². The smallest absolute Gasteiger partial charge is 0.190 e. The Bertz CT molecular complexity index is 730. The fourth-order valence-corrected chi connectivity index (χ4v) is 6.98. The Balaban J connectivity index is 0.00000210. The summed E-state index contributed by atoms with van der Waals surface area (Å²) < 4.78 is 0. The minimum Gasteiger partial charge on any atom is -0.388 e. The van der Waals surface area contributed by atoms with Crippen LogP contribution in [0.25, 0.3) is 0 Å². The Morgan fingerprint density at radius 2 is 1.96 bits per heavy atom. The van der Waals surface area contributed by atoms with E-state index in [2.05, 4.69) is 6.92 Å². The lowest BCUT2D eigenvalue weighted by atomic mass is 9.46. The predicted octanol–water partition coefficient (Wildman–Crippen LogP) is 2.24. The molecule has 26 heavy (non-hydrogen) atoms. The van der Waals surface area contributed by atoms with Crippen LogP contribution in [-0.4, -0.2) is 39.8 Å². The summed E-state index contributed by atoms with van der Waals surface area (Å²) in [5.74, 6) is -0.172. The second-order valence-corrected chi connectivity index (χ2v) is 9.38. The van der Waals surface area contributed by atoms with Crippen molar-refractivity contribution in [2.75, 3.05) is 6.61 Å². The maximum absolute atomic E-state index is 13.3. The van der Waals surface area contributed by atoms with E-state index in [9.17, 15) is 24.6 Å². The van der Waals surface area contributed by atoms with Crippen molar-refractivity contribution in [3.63, 3.8) is 0 Å². The lowest BCUT2D eigenvalue weighted by molar-refractivity contribution is -0.170. The molecule has 3 saturated carbocycles. The number of aliphatic hydroxyl groups excluding tert-OH is 1. The highest BCUT2D eigenvalue weighted by Gasteiger charge is 2.68. The minimum atomic E-state index is -1.60. The van der Waals surface area contributed by atoms with Crippen LogP contribution in [0, 0.1) is 28.6 Å². The van der Waals surface area contributed by atoms with Crippen LogP contribution >= 0.6 is 0 Å². The zero-order valence-corrected chi connectivity index (χ0v) is 15.6. The standard InChI is InChI=1S/C21H28O5.H2/c1-19-7-5-13(23)9-12(19)3-4-14-15-6-8-21(26,17(25)11-22)20(15,2)10-16(24)18(14)19;/h9,14-15,18,22,26H,3-8,10-11H2,1-2H3;1H/t14-,15-,18+,19-,20-,21-;/m0./s1. The molecule has 0 saturated heterocycles. The Morgan fingerprint density at radius 3 is 2.65 bits per heavy atom. The third-order valence-electron chi connectivity index (χ3n) is 8.41. The van der Waals surface area contributed by atoms with Crippen LogP contribution in [0.15, 0.2) is 11.6 Å². The van der Waals surface area contributed by atoms with Crippen molar-refractivity contribution in [1.29, 1.82) is 0 Å². The normalized spacial score (nSPS) is 47.7. The molecule has 3 fully saturated rings. The van der Waals surface area contributed by atoms with Crippen molar-refractivity contribution in [3.05, 3.63) is 11.6 Å². The molecule has 5 nitrogen and oxygen atoms in total. The number of allylic oxidation sites excluding steroid dienone is 1. The number of carbonyl (C=O) groups excluding carboxylic acids is 3. The Morgan fingerprint density at radius 1 is 1.23 bits per heavy atom. The summed E-state index contributed by atoms with van der Waals surface area (Å²) in [4.78, 5) is 37.5. The molecule has 0 amide bonds. The topological polar surface area (TPSA) is 91.7 Å². The number of carbonyl (C=O) groups is 3. The summed E-state index contributed by atoms with van der Waals surface area (Å²) in [6.07, 6.45) is 5.83. The predicted molar refractivity (Wildman–Crippen MR) is 96.3 cm³/mol. The van der Waals surface area contributed by atoms with Crippen molar-refractivity contribution in [3.8, 4) is 0 Å². The van der Waals surface area contributed by atoms with E-state index in [0.29, 0.717) is 25.7 Å². The first-order chi connectivity index (χ1) is 12.2. The maximum Gasteiger partial charge on any atom is 0.190 e. The van der Waals surface area contributed by atoms with Gasteiger partial charge in [-0.15, -0.1) is 0 Å². The highest BCUT2D eigenvalue weighted by molar-refractivity contribution is 5.94. The number of aliphatic hydroxyl groups is 2. The summed E-state index contributed by atoms with van der Waals surface area (Å²) in [6, 6.07) is 0. The summed E-state index contributed by atoms with van der Waals surface area (Å²) >= 11 is 0. The molecule has 5 heteroatoms. The van der Waals surface area contributed by atoms with Crippen LogP contribution in [0.3, 0.4) is 0 Å². The van der Waals surface area contributed by atoms with Gasteiger partial charge in [0.2, 0.25) is 0 Å². The molecule has 0 radical (unpaired) electrons. The van der Waals surface area contributed by atoms with Crippen molar-refractivity contribution in [1.82, 2.24) is 0 Å². The molecule has 6 atom stereocenters. The van der Waals surface area contributed by atoms with Crippen LogP contribution in [-0.2, 0) is 14.4 Å². The average Bonchev–Trinajstić information content (AvgIpc) is 2.86. The highest BCUT2D eigenvalue weighted by atomic mass is 16.3. The number of hydrogen-bond donors (Lipinski definition) is 2. The van der Waals surface area contributed by atoms with E-state index in [1.807, 2.05) is 6.92 Å². The van der Waals surface area contributed by atoms with Crippen LogP contribution in [0.4, 0.5) is 0 Å². The van der Waals surface area contributed by atoms with Crippen LogP contribution < -0.4 is 0 Å². The lowest BCUT2D eigenvalue weighted by Gasteiger charge is -2.57. The first-order valence-electron chi connectivity index (χ1n) is 9.80. The lowest BCUT2D eigenvalue weighted by Crippen LogP contribution is -2.60. The third kappa shape index (κ3) is 2.07. The van der Waals surface area contributed by atoms with Crippen LogP contribution in [0.2, 0.25) is 0 Å². The summed E-state index contributed by atoms with van der Waals surface area (Å²) in [7, 11) is 0. The molecule has 0 aromatic carbocycles. The van der Waals surface area contributed by atoms with Crippen molar-refractivity contribution in [2.45, 2.75) is 64.4 Å². The molecular weight excluding hydrogens is 332 g/mol. The monoisotopic (exact) mass is 362 g/mol. The first-order valence-corrected chi connectivity index (χ1v) is 9.80. The molecular formula is C21H30O5. The average molecular weight is 362 g/mol. The number of fused-ring (bicyclic) bond motifs is 5. The Hall–Kier alpha value is -1.33. The van der Waals surface area contributed by atoms with Gasteiger partial charge in [0, 0.05) is 25.6 Å². The van der Waals surface area contributed by atoms with Gasteiger partial charge in [-0.05, 0) is 55.4 Å². The van der Waals surface area contributed by atoms with Gasteiger partial charge in [-0.3, -0.25) is 14.4 Å². The molecule has 4 aliphatic carbocycles. The van der Waals surface area contributed by atoms with Gasteiger partial charge < -0.3 is 10.2 Å². The van der Waals surface area contributed by atoms with Gasteiger partial charge in [0.25, 0.3) is 0 Å². The summed E-state index contributed by atoms with van der Waals surface area (Å²) in [5, 5.41) is 20.5. The minimum absolute atomic E-state index is 0. The molecule has 4 aliphatic rings. The summed E-state index contributed by atoms with van der Waals surface area (Å²) in [6.45, 7) is 3.31. The molecule has 0 heterocycles. The van der Waals surface area contributed by atoms with Crippen LogP contribution in [0.1, 0.15) is 60.2 Å². The Kier molecular flexibility index (Phi) is 3.88. The quantitative estimate of drug-likeness (QED) is 0.786. The van der Waals surface area contributed by atoms with Gasteiger partial charge in [0.05, 0.1) is 0 Å². The molecule has 144 valence electrons. The van der Waals surface area contributed by atoms with Gasteiger partial charge in [-0.1, -0.05) is 19.4 Å². The number of ketones is 3. The van der Waals surface area contributed by atoms with E-state index in [0.717, 1.165) is 18.4 Å². The van der Waals surface area contributed by atoms with Crippen LogP contribution in [0.5, 0.6) is 0 Å². The molecule has 0 aliphatic heterocycles. The number of Topliss-reactive ketones (excluding diaryl/α,β-unsaturated/α-hetero) is 2. The second-order valence-electron chi connectivity index (χ2n) is 9.38. The van der Waals surface area contributed by atoms with Gasteiger partial charge in [-0.25, -0.2) is 0 Å². The number of hydrogen-bond acceptors (Lipinski definition) is 5. The zero-order chi connectivity index (χ0) is 18.9. The van der Waals surface area contributed by atoms with Crippen molar-refractivity contribution >= 4 is 17.3 Å². The first kappa shape index (κ1) is 18.1. The van der Waals surface area contributed by atoms with E-state index in [4.69, 9.17) is 0 Å². The SMILES string of the molecule is C[C@]12CCC(=O)C=C1CC[C@@H]1[C@@H]2C(=O)C[C@@]2(C)[C@H]1CC[C@]2(O)C(=O)CO.[HH]. The molecule has 0 aromatic rings. The van der Waals surface area contributed by atoms with E-state index < -0.39 is 23.4 Å². The fraction of sp³-hybridized carbons (Fsp3) is 0.762. The van der Waals surface area contributed by atoms with Gasteiger partial charge in [0.15, 0.2) is 11.6 Å². The van der Waals surface area contributed by atoms with Crippen molar-refractivity contribution < 1.29 is 26.0 Å². The molecule has 0 bridgehead atoms. The van der Waals surface area contributed by atoms with E-state index in [-0.39, 0.29) is 42.6 Å². The molecule has 2 N–H and O–H groups in total. The van der Waals surface area contributed by atoms with Gasteiger partial charge in [-0.2, -0.15) is 0 Å². The second kappa shape index (κ2) is 5.59.